The third kappa shape index (κ3) is 5.91. The number of phenols is 1. The number of pyridine rings is 1. The number of thiazole rings is 1. The molecule has 2 aromatic heterocycles. The van der Waals surface area contributed by atoms with Crippen molar-refractivity contribution >= 4 is 21.6 Å². The minimum atomic E-state index is 0. The number of hydrogen-bond donors (Lipinski definition) is 1. The Balaban J connectivity index is 0.00000337. The van der Waals surface area contributed by atoms with Crippen molar-refractivity contribution in [3.05, 3.63) is 114 Å². The van der Waals surface area contributed by atoms with Gasteiger partial charge in [-0.3, -0.25) is 4.98 Å². The summed E-state index contributed by atoms with van der Waals surface area (Å²) in [5.41, 5.74) is 10.6. The van der Waals surface area contributed by atoms with Crippen molar-refractivity contribution < 1.29 is 26.2 Å². The quantitative estimate of drug-likeness (QED) is 0.173. The molecule has 0 unspecified atom stereocenters. The second-order valence-electron chi connectivity index (χ2n) is 10.8. The second kappa shape index (κ2) is 12.1. The molecule has 1 N–H and O–H groups in total. The molecule has 2 heterocycles. The second-order valence-corrected chi connectivity index (χ2v) is 11.8. The van der Waals surface area contributed by atoms with Gasteiger partial charge in [-0.1, -0.05) is 87.4 Å². The van der Waals surface area contributed by atoms with Crippen LogP contribution < -0.4 is 0 Å². The van der Waals surface area contributed by atoms with E-state index in [1.54, 1.807) is 17.4 Å². The predicted octanol–water partition coefficient (Wildman–Crippen LogP) is 10.1. The van der Waals surface area contributed by atoms with Crippen molar-refractivity contribution in [1.82, 2.24) is 9.97 Å². The average molecular weight is 735 g/mol. The van der Waals surface area contributed by atoms with Crippen LogP contribution in [0.25, 0.3) is 54.3 Å². The van der Waals surface area contributed by atoms with Crippen LogP contribution in [0.3, 0.4) is 0 Å². The van der Waals surface area contributed by atoms with E-state index in [0.29, 0.717) is 11.8 Å². The summed E-state index contributed by atoms with van der Waals surface area (Å²) in [6.07, 6.45) is 1.89. The molecule has 0 aliphatic carbocycles. The maximum atomic E-state index is 10.4. The zero-order valence-corrected chi connectivity index (χ0v) is 26.5. The molecule has 0 aliphatic heterocycles. The molecule has 0 bridgehead atoms. The van der Waals surface area contributed by atoms with Crippen molar-refractivity contribution in [1.29, 1.82) is 0 Å². The molecule has 0 aliphatic rings. The van der Waals surface area contributed by atoms with E-state index in [1.165, 1.54) is 16.7 Å². The Morgan fingerprint density at radius 3 is 2.12 bits per heavy atom. The van der Waals surface area contributed by atoms with Crippen LogP contribution in [0.15, 0.2) is 97.2 Å². The predicted molar refractivity (Wildman–Crippen MR) is 168 cm³/mol. The minimum Gasteiger partial charge on any atom is -0.507 e. The van der Waals surface area contributed by atoms with E-state index in [0.717, 1.165) is 48.7 Å². The van der Waals surface area contributed by atoms with Crippen LogP contribution in [-0.2, 0) is 21.1 Å². The normalized spacial score (nSPS) is 11.3. The van der Waals surface area contributed by atoms with Gasteiger partial charge in [-0.2, -0.15) is 0 Å². The van der Waals surface area contributed by atoms with Gasteiger partial charge in [0, 0.05) is 37.7 Å². The Morgan fingerprint density at radius 1 is 0.707 bits per heavy atom. The third-order valence-corrected chi connectivity index (χ3v) is 8.37. The number of hydrogen-bond acceptors (Lipinski definition) is 4. The summed E-state index contributed by atoms with van der Waals surface area (Å²) in [7, 11) is 0. The monoisotopic (exact) mass is 734 g/mol. The number of fused-ring (bicyclic) bond motifs is 1. The Kier molecular flexibility index (Phi) is 8.54. The molecule has 6 rings (SSSR count). The van der Waals surface area contributed by atoms with Gasteiger partial charge >= 0.3 is 0 Å². The largest absolute Gasteiger partial charge is 0.507 e. The fourth-order valence-corrected chi connectivity index (χ4v) is 6.01. The number of aromatic hydroxyl groups is 1. The van der Waals surface area contributed by atoms with Gasteiger partial charge in [-0.25, -0.2) is 4.98 Å². The summed E-state index contributed by atoms with van der Waals surface area (Å²) in [5.74, 6) is 1.16. The summed E-state index contributed by atoms with van der Waals surface area (Å²) >= 11 is 1.58. The number of benzene rings is 4. The van der Waals surface area contributed by atoms with Crippen LogP contribution in [0.4, 0.5) is 0 Å². The first-order chi connectivity index (χ1) is 19.4. The summed E-state index contributed by atoms with van der Waals surface area (Å²) < 4.78 is 1.07. The molecule has 0 spiro atoms. The fraction of sp³-hybridized carbons (Fsp3) is 0.167. The molecule has 0 atom stereocenters. The molecule has 41 heavy (non-hydrogen) atoms. The maximum Gasteiger partial charge on any atom is 0.127 e. The number of phenolic OH excluding ortho intramolecular Hbond substituents is 1. The van der Waals surface area contributed by atoms with Gasteiger partial charge < -0.3 is 5.11 Å². The van der Waals surface area contributed by atoms with Crippen LogP contribution >= 0.6 is 11.3 Å². The smallest absolute Gasteiger partial charge is 0.127 e. The van der Waals surface area contributed by atoms with Gasteiger partial charge in [0.25, 0.3) is 0 Å². The van der Waals surface area contributed by atoms with Gasteiger partial charge in [0.15, 0.2) is 0 Å². The van der Waals surface area contributed by atoms with Crippen molar-refractivity contribution in [2.45, 2.75) is 39.5 Å². The van der Waals surface area contributed by atoms with Crippen molar-refractivity contribution in [3.8, 4) is 49.8 Å². The number of aromatic nitrogens is 2. The van der Waals surface area contributed by atoms with Crippen molar-refractivity contribution in [2.75, 3.05) is 0 Å². The molecular formula is C36H31N2OPtS-. The number of para-hydroxylation sites is 2. The topological polar surface area (TPSA) is 46.0 Å². The Hall–Kier alpha value is -3.59. The molecular weight excluding hydrogens is 704 g/mol. The first-order valence-corrected chi connectivity index (χ1v) is 14.5. The maximum absolute atomic E-state index is 10.4. The first-order valence-electron chi connectivity index (χ1n) is 13.7. The zero-order chi connectivity index (χ0) is 27.8. The summed E-state index contributed by atoms with van der Waals surface area (Å²) in [4.78, 5) is 9.67. The van der Waals surface area contributed by atoms with Gasteiger partial charge in [0.1, 0.15) is 10.8 Å². The van der Waals surface area contributed by atoms with Crippen LogP contribution in [0.2, 0.25) is 0 Å². The first kappa shape index (κ1) is 28.9. The van der Waals surface area contributed by atoms with E-state index in [9.17, 15) is 5.11 Å². The van der Waals surface area contributed by atoms with E-state index < -0.39 is 0 Å². The Bertz CT molecular complexity index is 1810. The van der Waals surface area contributed by atoms with Gasteiger partial charge in [0.2, 0.25) is 0 Å². The molecule has 5 heteroatoms. The molecule has 0 saturated carbocycles. The van der Waals surface area contributed by atoms with Gasteiger partial charge in [0.05, 0.1) is 11.1 Å². The molecule has 0 fully saturated rings. The van der Waals surface area contributed by atoms with E-state index in [1.807, 2.05) is 24.4 Å². The Labute approximate surface area is 260 Å². The van der Waals surface area contributed by atoms with Crippen LogP contribution in [0, 0.1) is 6.07 Å². The fourth-order valence-electron chi connectivity index (χ4n) is 4.98. The molecule has 4 aromatic carbocycles. The van der Waals surface area contributed by atoms with Crippen molar-refractivity contribution in [3.63, 3.8) is 0 Å². The standard InChI is InChI=1S/C36H31N2OS.Pt/c1-22(2)27-18-28(23(3)4)20-29(19-27)24-15-16-37-32(21-24)26-10-7-9-25(17-26)30-12-8-14-34-35(30)38-36(40-34)31-11-5-6-13-33(31)39;/h5-16,18-23,39H,1-4H3;/q-1;. The van der Waals surface area contributed by atoms with Crippen LogP contribution in [0.5, 0.6) is 5.75 Å². The summed E-state index contributed by atoms with van der Waals surface area (Å²) in [5, 5.41) is 11.2. The molecule has 6 aromatic rings. The molecule has 208 valence electrons. The molecule has 3 nitrogen and oxygen atoms in total. The number of rotatable bonds is 6. The van der Waals surface area contributed by atoms with E-state index in [4.69, 9.17) is 9.97 Å². The zero-order valence-electron chi connectivity index (χ0n) is 23.5. The van der Waals surface area contributed by atoms with Crippen molar-refractivity contribution in [2.24, 2.45) is 0 Å². The van der Waals surface area contributed by atoms with Gasteiger partial charge in [-0.05, 0) is 58.4 Å². The number of nitrogens with zero attached hydrogens (tertiary/aromatic N) is 2. The average Bonchev–Trinajstić information content (AvgIpc) is 3.41. The summed E-state index contributed by atoms with van der Waals surface area (Å²) in [6, 6.07) is 34.6. The van der Waals surface area contributed by atoms with Gasteiger partial charge in [-0.15, -0.1) is 41.2 Å². The van der Waals surface area contributed by atoms with Crippen LogP contribution in [-0.4, -0.2) is 15.1 Å². The Morgan fingerprint density at radius 2 is 1.39 bits per heavy atom. The summed E-state index contributed by atoms with van der Waals surface area (Å²) in [6.45, 7) is 8.98. The van der Waals surface area contributed by atoms with E-state index >= 15 is 0 Å². The third-order valence-electron chi connectivity index (χ3n) is 7.32. The minimum absolute atomic E-state index is 0. The molecule has 0 amide bonds. The van der Waals surface area contributed by atoms with Crippen LogP contribution in [0.1, 0.15) is 50.7 Å². The molecule has 0 saturated heterocycles. The SMILES string of the molecule is CC(C)c1cc(-c2ccnc(-c3[c-]c(-c4cccc5sc(-c6ccccc6O)nc45)ccc3)c2)cc(C(C)C)c1.[Pt]. The van der Waals surface area contributed by atoms with E-state index in [2.05, 4.69) is 100 Å². The van der Waals surface area contributed by atoms with E-state index in [-0.39, 0.29) is 26.8 Å². The molecule has 0 radical (unpaired) electrons.